The van der Waals surface area contributed by atoms with Crippen molar-refractivity contribution in [2.24, 2.45) is 0 Å². The van der Waals surface area contributed by atoms with Crippen LogP contribution >= 0.6 is 23.2 Å². The summed E-state index contributed by atoms with van der Waals surface area (Å²) in [6.07, 6.45) is 4.68. The molecule has 29 heavy (non-hydrogen) atoms. The van der Waals surface area contributed by atoms with Gasteiger partial charge in [-0.05, 0) is 38.0 Å². The van der Waals surface area contributed by atoms with Crippen molar-refractivity contribution in [2.75, 3.05) is 51.1 Å². The number of piperazine rings is 1. The van der Waals surface area contributed by atoms with Gasteiger partial charge in [0, 0.05) is 44.3 Å². The van der Waals surface area contributed by atoms with E-state index in [1.54, 1.807) is 18.2 Å². The van der Waals surface area contributed by atoms with Crippen LogP contribution in [0, 0.1) is 0 Å². The summed E-state index contributed by atoms with van der Waals surface area (Å²) in [5, 5.41) is 3.84. The van der Waals surface area contributed by atoms with E-state index in [1.165, 1.54) is 12.8 Å². The number of anilines is 1. The van der Waals surface area contributed by atoms with E-state index in [0.717, 1.165) is 52.1 Å². The lowest BCUT2D eigenvalue weighted by Crippen LogP contribution is -2.54. The monoisotopic (exact) mass is 440 g/mol. The number of nitrogens with zero attached hydrogens (tertiary/aromatic N) is 3. The van der Waals surface area contributed by atoms with Crippen molar-refractivity contribution in [1.82, 2.24) is 14.7 Å². The highest BCUT2D eigenvalue weighted by Gasteiger charge is 2.27. The Bertz CT molecular complexity index is 715. The molecule has 1 aromatic carbocycles. The van der Waals surface area contributed by atoms with Crippen LogP contribution in [0.15, 0.2) is 18.2 Å². The third kappa shape index (κ3) is 6.32. The summed E-state index contributed by atoms with van der Waals surface area (Å²) < 4.78 is 0. The molecule has 0 bridgehead atoms. The SMILES string of the molecule is CC(C(=O)Nc1ccc(Cl)cc1Cl)N1CCN(CC(=O)N2CCCCCC2)CC1. The van der Waals surface area contributed by atoms with E-state index < -0.39 is 0 Å². The summed E-state index contributed by atoms with van der Waals surface area (Å²) in [7, 11) is 0. The zero-order chi connectivity index (χ0) is 20.8. The fourth-order valence-electron chi connectivity index (χ4n) is 3.91. The largest absolute Gasteiger partial charge is 0.342 e. The molecule has 2 heterocycles. The van der Waals surface area contributed by atoms with Crippen LogP contribution in [0.25, 0.3) is 0 Å². The van der Waals surface area contributed by atoms with Gasteiger partial charge in [-0.2, -0.15) is 0 Å². The summed E-state index contributed by atoms with van der Waals surface area (Å²) in [6, 6.07) is 4.75. The molecule has 1 N–H and O–H groups in total. The fraction of sp³-hybridized carbons (Fsp3) is 0.619. The molecule has 0 radical (unpaired) electrons. The van der Waals surface area contributed by atoms with Crippen molar-refractivity contribution in [2.45, 2.75) is 38.6 Å². The van der Waals surface area contributed by atoms with Crippen molar-refractivity contribution in [3.63, 3.8) is 0 Å². The first-order valence-electron chi connectivity index (χ1n) is 10.4. The number of likely N-dealkylation sites (tertiary alicyclic amines) is 1. The first-order valence-corrected chi connectivity index (χ1v) is 11.2. The van der Waals surface area contributed by atoms with Gasteiger partial charge in [-0.15, -0.1) is 0 Å². The minimum absolute atomic E-state index is 0.0942. The summed E-state index contributed by atoms with van der Waals surface area (Å²) in [5.74, 6) is 0.145. The Balaban J connectivity index is 1.45. The highest BCUT2D eigenvalue weighted by Crippen LogP contribution is 2.25. The van der Waals surface area contributed by atoms with Crippen molar-refractivity contribution in [1.29, 1.82) is 0 Å². The third-order valence-corrected chi connectivity index (χ3v) is 6.39. The summed E-state index contributed by atoms with van der Waals surface area (Å²) in [5.41, 5.74) is 0.564. The molecule has 6 nitrogen and oxygen atoms in total. The fourth-order valence-corrected chi connectivity index (χ4v) is 4.37. The molecule has 2 aliphatic heterocycles. The van der Waals surface area contributed by atoms with Gasteiger partial charge < -0.3 is 10.2 Å². The minimum atomic E-state index is -0.273. The molecule has 8 heteroatoms. The minimum Gasteiger partial charge on any atom is -0.342 e. The molecule has 0 aliphatic carbocycles. The number of rotatable bonds is 5. The zero-order valence-electron chi connectivity index (χ0n) is 17.0. The second-order valence-electron chi connectivity index (χ2n) is 7.90. The quantitative estimate of drug-likeness (QED) is 0.762. The second-order valence-corrected chi connectivity index (χ2v) is 8.74. The Morgan fingerprint density at radius 2 is 1.66 bits per heavy atom. The average Bonchev–Trinajstić information content (AvgIpc) is 3.00. The van der Waals surface area contributed by atoms with Crippen molar-refractivity contribution >= 4 is 40.7 Å². The number of carbonyl (C=O) groups excluding carboxylic acids is 2. The van der Waals surface area contributed by atoms with E-state index >= 15 is 0 Å². The summed E-state index contributed by atoms with van der Waals surface area (Å²) >= 11 is 12.1. The maximum atomic E-state index is 12.6. The van der Waals surface area contributed by atoms with Crippen LogP contribution in [0.5, 0.6) is 0 Å². The molecule has 0 spiro atoms. The number of nitrogens with one attached hydrogen (secondary N) is 1. The van der Waals surface area contributed by atoms with Crippen LogP contribution in [-0.4, -0.2) is 78.4 Å². The normalized spacial score (nSPS) is 20.2. The number of halogens is 2. The van der Waals surface area contributed by atoms with Gasteiger partial charge >= 0.3 is 0 Å². The Morgan fingerprint density at radius 1 is 1.00 bits per heavy atom. The molecule has 3 rings (SSSR count). The van der Waals surface area contributed by atoms with Crippen LogP contribution in [0.3, 0.4) is 0 Å². The molecule has 1 unspecified atom stereocenters. The predicted molar refractivity (Wildman–Crippen MR) is 118 cm³/mol. The lowest BCUT2D eigenvalue weighted by atomic mass is 10.2. The summed E-state index contributed by atoms with van der Waals surface area (Å²) in [6.45, 7) is 7.27. The van der Waals surface area contributed by atoms with E-state index in [-0.39, 0.29) is 17.9 Å². The Morgan fingerprint density at radius 3 is 2.28 bits per heavy atom. The second kappa shape index (κ2) is 10.6. The topological polar surface area (TPSA) is 55.9 Å². The predicted octanol–water partition coefficient (Wildman–Crippen LogP) is 3.34. The van der Waals surface area contributed by atoms with E-state index in [9.17, 15) is 9.59 Å². The average molecular weight is 441 g/mol. The number of hydrogen-bond acceptors (Lipinski definition) is 4. The maximum absolute atomic E-state index is 12.6. The molecule has 0 saturated carbocycles. The van der Waals surface area contributed by atoms with Gasteiger partial charge in [-0.1, -0.05) is 36.0 Å². The van der Waals surface area contributed by atoms with Crippen molar-refractivity contribution < 1.29 is 9.59 Å². The van der Waals surface area contributed by atoms with Gasteiger partial charge in [0.05, 0.1) is 23.3 Å². The molecular weight excluding hydrogens is 411 g/mol. The molecule has 2 aliphatic rings. The van der Waals surface area contributed by atoms with E-state index in [2.05, 4.69) is 15.1 Å². The molecule has 2 saturated heterocycles. The van der Waals surface area contributed by atoms with Gasteiger partial charge in [0.2, 0.25) is 11.8 Å². The van der Waals surface area contributed by atoms with E-state index in [1.807, 2.05) is 11.8 Å². The highest BCUT2D eigenvalue weighted by atomic mass is 35.5. The standard InChI is InChI=1S/C21H30Cl2N4O2/c1-16(21(29)24-19-7-6-17(22)14-18(19)23)26-12-10-25(11-13-26)15-20(28)27-8-4-2-3-5-9-27/h6-7,14,16H,2-5,8-13,15H2,1H3,(H,24,29). The van der Waals surface area contributed by atoms with Gasteiger partial charge in [-0.3, -0.25) is 19.4 Å². The number of hydrogen-bond donors (Lipinski definition) is 1. The number of amides is 2. The van der Waals surface area contributed by atoms with Gasteiger partial charge in [-0.25, -0.2) is 0 Å². The molecule has 2 amide bonds. The summed E-state index contributed by atoms with van der Waals surface area (Å²) in [4.78, 5) is 31.6. The smallest absolute Gasteiger partial charge is 0.241 e. The molecular formula is C21H30Cl2N4O2. The molecule has 160 valence electrons. The lowest BCUT2D eigenvalue weighted by Gasteiger charge is -2.37. The van der Waals surface area contributed by atoms with Gasteiger partial charge in [0.1, 0.15) is 0 Å². The third-order valence-electron chi connectivity index (χ3n) is 5.84. The van der Waals surface area contributed by atoms with Crippen LogP contribution in [0.4, 0.5) is 5.69 Å². The molecule has 0 aromatic heterocycles. The Labute approximate surface area is 183 Å². The van der Waals surface area contributed by atoms with Gasteiger partial charge in [0.15, 0.2) is 0 Å². The van der Waals surface area contributed by atoms with E-state index in [0.29, 0.717) is 22.3 Å². The first-order chi connectivity index (χ1) is 13.9. The lowest BCUT2D eigenvalue weighted by molar-refractivity contribution is -0.133. The molecule has 1 aromatic rings. The van der Waals surface area contributed by atoms with Crippen molar-refractivity contribution in [3.8, 4) is 0 Å². The van der Waals surface area contributed by atoms with Crippen LogP contribution in [-0.2, 0) is 9.59 Å². The van der Waals surface area contributed by atoms with Crippen LogP contribution in [0.1, 0.15) is 32.6 Å². The van der Waals surface area contributed by atoms with Crippen LogP contribution in [0.2, 0.25) is 10.0 Å². The number of benzene rings is 1. The van der Waals surface area contributed by atoms with Crippen molar-refractivity contribution in [3.05, 3.63) is 28.2 Å². The Hall–Kier alpha value is -1.34. The molecule has 2 fully saturated rings. The first kappa shape index (κ1) is 22.3. The number of carbonyl (C=O) groups is 2. The highest BCUT2D eigenvalue weighted by molar-refractivity contribution is 6.36. The molecule has 1 atom stereocenters. The Kier molecular flexibility index (Phi) is 8.18. The maximum Gasteiger partial charge on any atom is 0.241 e. The van der Waals surface area contributed by atoms with Gasteiger partial charge in [0.25, 0.3) is 0 Å². The van der Waals surface area contributed by atoms with Crippen LogP contribution < -0.4 is 5.32 Å². The zero-order valence-corrected chi connectivity index (χ0v) is 18.5. The van der Waals surface area contributed by atoms with E-state index in [4.69, 9.17) is 23.2 Å².